The number of aromatic carboxylic acids is 1. The summed E-state index contributed by atoms with van der Waals surface area (Å²) in [6.07, 6.45) is -1.28. The number of anilines is 2. The van der Waals surface area contributed by atoms with E-state index in [2.05, 4.69) is 16.0 Å². The topological polar surface area (TPSA) is 201 Å². The van der Waals surface area contributed by atoms with Gasteiger partial charge in [0.2, 0.25) is 21.8 Å². The third kappa shape index (κ3) is 12.4. The molecule has 1 heterocycles. The van der Waals surface area contributed by atoms with E-state index in [1.54, 1.807) is 0 Å². The molecule has 0 aromatic heterocycles. The largest absolute Gasteiger partial charge is 0.478 e. The predicted octanol–water partition coefficient (Wildman–Crippen LogP) is 4.27. The molecule has 0 unspecified atom stereocenters. The van der Waals surface area contributed by atoms with Crippen molar-refractivity contribution in [1.29, 1.82) is 0 Å². The van der Waals surface area contributed by atoms with Gasteiger partial charge in [-0.1, -0.05) is 44.2 Å². The lowest BCUT2D eigenvalue weighted by Gasteiger charge is -2.30. The highest BCUT2D eigenvalue weighted by Gasteiger charge is 2.32. The number of sulfonamides is 1. The van der Waals surface area contributed by atoms with Crippen molar-refractivity contribution < 1.29 is 47.3 Å². The molecule has 14 nitrogen and oxygen atoms in total. The number of aliphatic hydroxyl groups is 1. The zero-order valence-corrected chi connectivity index (χ0v) is 30.0. The van der Waals surface area contributed by atoms with E-state index in [1.165, 1.54) is 52.8 Å². The summed E-state index contributed by atoms with van der Waals surface area (Å²) in [5, 5.41) is 28.5. The third-order valence-electron chi connectivity index (χ3n) is 8.19. The maximum atomic E-state index is 13.9. The number of benzene rings is 3. The van der Waals surface area contributed by atoms with Crippen LogP contribution < -0.4 is 16.0 Å². The number of amides is 3. The summed E-state index contributed by atoms with van der Waals surface area (Å²) in [6, 6.07) is 19.7. The lowest BCUT2D eigenvalue weighted by atomic mass is 10.0. The zero-order valence-electron chi connectivity index (χ0n) is 29.2. The number of carbonyl (C=O) groups is 4. The number of carbonyl (C=O) groups excluding carboxylic acids is 3. The molecule has 5 N–H and O–H groups in total. The number of alkyl carbamates (subject to hydrolysis) is 1. The van der Waals surface area contributed by atoms with Gasteiger partial charge in [0, 0.05) is 43.7 Å². The van der Waals surface area contributed by atoms with Gasteiger partial charge in [-0.15, -0.1) is 0 Å². The molecule has 0 aliphatic carbocycles. The van der Waals surface area contributed by atoms with Gasteiger partial charge in [-0.3, -0.25) is 9.59 Å². The third-order valence-corrected chi connectivity index (χ3v) is 10.0. The van der Waals surface area contributed by atoms with Gasteiger partial charge in [0.15, 0.2) is 0 Å². The van der Waals surface area contributed by atoms with Gasteiger partial charge in [0.25, 0.3) is 0 Å². The van der Waals surface area contributed by atoms with Crippen molar-refractivity contribution in [2.75, 3.05) is 36.9 Å². The number of rotatable bonds is 18. The van der Waals surface area contributed by atoms with Gasteiger partial charge in [0.05, 0.1) is 35.8 Å². The van der Waals surface area contributed by atoms with Crippen molar-refractivity contribution in [1.82, 2.24) is 9.62 Å². The average Bonchev–Trinajstić information content (AvgIpc) is 3.61. The van der Waals surface area contributed by atoms with Gasteiger partial charge in [-0.05, 0) is 72.9 Å². The molecule has 0 bridgehead atoms. The van der Waals surface area contributed by atoms with Crippen molar-refractivity contribution in [2.24, 2.45) is 5.92 Å². The van der Waals surface area contributed by atoms with Crippen molar-refractivity contribution >= 4 is 45.3 Å². The number of hydrogen-bond acceptors (Lipinski definition) is 9. The SMILES string of the molecule is CC(C)CN(C[C@H](O)[C@@H](Cc1ccccc1)NC(=O)O[C@@H]1CCOC1)S(=O)(=O)c1ccc(NC(=O)CCCC(=O)Nc2ccc(C(=O)O)cc2)cc1. The first-order chi connectivity index (χ1) is 24.8. The average molecular weight is 739 g/mol. The summed E-state index contributed by atoms with van der Waals surface area (Å²) in [5.74, 6) is -1.86. The summed E-state index contributed by atoms with van der Waals surface area (Å²) in [5.41, 5.74) is 1.73. The van der Waals surface area contributed by atoms with Crippen LogP contribution >= 0.6 is 0 Å². The van der Waals surface area contributed by atoms with Crippen LogP contribution in [-0.4, -0.2) is 91.4 Å². The normalized spacial score (nSPS) is 15.5. The fourth-order valence-corrected chi connectivity index (χ4v) is 7.14. The Hall–Kier alpha value is -4.83. The quantitative estimate of drug-likeness (QED) is 0.126. The Kier molecular flexibility index (Phi) is 14.7. The Labute approximate surface area is 303 Å². The number of aliphatic hydroxyl groups excluding tert-OH is 1. The Morgan fingerprint density at radius 3 is 2.02 bits per heavy atom. The predicted molar refractivity (Wildman–Crippen MR) is 193 cm³/mol. The van der Waals surface area contributed by atoms with Crippen LogP contribution in [0.2, 0.25) is 0 Å². The minimum atomic E-state index is -4.12. The molecular weight excluding hydrogens is 692 g/mol. The van der Waals surface area contributed by atoms with Crippen LogP contribution in [0, 0.1) is 5.92 Å². The van der Waals surface area contributed by atoms with Crippen molar-refractivity contribution in [3.63, 3.8) is 0 Å². The van der Waals surface area contributed by atoms with Gasteiger partial charge < -0.3 is 35.6 Å². The molecule has 0 radical (unpaired) electrons. The minimum Gasteiger partial charge on any atom is -0.478 e. The van der Waals surface area contributed by atoms with Crippen molar-refractivity contribution in [2.45, 2.75) is 69.1 Å². The lowest BCUT2D eigenvalue weighted by Crippen LogP contribution is -2.51. The molecule has 1 fully saturated rings. The Balaban J connectivity index is 1.35. The Morgan fingerprint density at radius 2 is 1.48 bits per heavy atom. The van der Waals surface area contributed by atoms with Crippen molar-refractivity contribution in [3.8, 4) is 0 Å². The van der Waals surface area contributed by atoms with Gasteiger partial charge >= 0.3 is 12.1 Å². The monoisotopic (exact) mass is 738 g/mol. The molecule has 52 heavy (non-hydrogen) atoms. The molecule has 4 rings (SSSR count). The van der Waals surface area contributed by atoms with Gasteiger partial charge in [-0.25, -0.2) is 18.0 Å². The first kappa shape index (κ1) is 39.9. The number of ether oxygens (including phenoxy) is 2. The molecule has 1 aliphatic heterocycles. The molecule has 0 spiro atoms. The number of carboxylic acids is 1. The highest BCUT2D eigenvalue weighted by Crippen LogP contribution is 2.22. The van der Waals surface area contributed by atoms with Crippen LogP contribution in [0.4, 0.5) is 16.2 Å². The molecule has 15 heteroatoms. The van der Waals surface area contributed by atoms with Crippen LogP contribution in [-0.2, 0) is 35.5 Å². The Morgan fingerprint density at radius 1 is 0.885 bits per heavy atom. The fourth-order valence-electron chi connectivity index (χ4n) is 5.52. The Bertz CT molecular complexity index is 1750. The van der Waals surface area contributed by atoms with Crippen LogP contribution in [0.25, 0.3) is 0 Å². The molecule has 3 atom stereocenters. The second-order valence-electron chi connectivity index (χ2n) is 13.0. The van der Waals surface area contributed by atoms with E-state index in [9.17, 15) is 32.7 Å². The first-order valence-corrected chi connectivity index (χ1v) is 18.5. The zero-order chi connectivity index (χ0) is 37.7. The highest BCUT2D eigenvalue weighted by molar-refractivity contribution is 7.89. The number of hydrogen-bond donors (Lipinski definition) is 5. The van der Waals surface area contributed by atoms with Crippen LogP contribution in [0.3, 0.4) is 0 Å². The van der Waals surface area contributed by atoms with Gasteiger partial charge in [0.1, 0.15) is 6.10 Å². The molecule has 1 aliphatic rings. The molecular formula is C37H46N4O10S. The summed E-state index contributed by atoms with van der Waals surface area (Å²) >= 11 is 0. The second kappa shape index (κ2) is 19.1. The van der Waals surface area contributed by atoms with E-state index >= 15 is 0 Å². The van der Waals surface area contributed by atoms with Gasteiger partial charge in [-0.2, -0.15) is 4.31 Å². The fraction of sp³-hybridized carbons (Fsp3) is 0.405. The number of nitrogens with one attached hydrogen (secondary N) is 3. The van der Waals surface area contributed by atoms with Crippen LogP contribution in [0.1, 0.15) is 55.5 Å². The van der Waals surface area contributed by atoms with E-state index < -0.39 is 40.3 Å². The molecule has 3 amide bonds. The standard InChI is InChI=1S/C37H46N4O10S/c1-25(2)22-41(23-33(42)32(21-26-7-4-3-5-8-26)40-37(47)51-30-19-20-50-24-30)52(48,49)31-17-15-29(16-18-31)39-35(44)10-6-9-34(43)38-28-13-11-27(12-14-28)36(45)46/h3-5,7-8,11-18,25,30,32-33,42H,6,9-10,19-24H2,1-2H3,(H,38,43)(H,39,44)(H,40,47)(H,45,46)/t30-,32-,33+/m1/s1. The van der Waals surface area contributed by atoms with E-state index in [0.717, 1.165) is 5.56 Å². The van der Waals surface area contributed by atoms with Crippen LogP contribution in [0.15, 0.2) is 83.8 Å². The molecule has 3 aromatic carbocycles. The van der Waals surface area contributed by atoms with E-state index in [1.807, 2.05) is 44.2 Å². The van der Waals surface area contributed by atoms with E-state index in [-0.39, 0.29) is 73.6 Å². The molecule has 280 valence electrons. The van der Waals surface area contributed by atoms with Crippen LogP contribution in [0.5, 0.6) is 0 Å². The maximum absolute atomic E-state index is 13.9. The highest BCUT2D eigenvalue weighted by atomic mass is 32.2. The molecule has 3 aromatic rings. The second-order valence-corrected chi connectivity index (χ2v) is 14.9. The molecule has 0 saturated carbocycles. The number of carboxylic acid groups (broad SMARTS) is 1. The number of nitrogens with zero attached hydrogens (tertiary/aromatic N) is 1. The van der Waals surface area contributed by atoms with E-state index in [0.29, 0.717) is 24.4 Å². The van der Waals surface area contributed by atoms with E-state index in [4.69, 9.17) is 14.6 Å². The maximum Gasteiger partial charge on any atom is 0.407 e. The smallest absolute Gasteiger partial charge is 0.407 e. The summed E-state index contributed by atoms with van der Waals surface area (Å²) in [7, 11) is -4.12. The summed E-state index contributed by atoms with van der Waals surface area (Å²) in [6.45, 7) is 4.29. The van der Waals surface area contributed by atoms with Crippen molar-refractivity contribution in [3.05, 3.63) is 90.0 Å². The minimum absolute atomic E-state index is 0.0334. The summed E-state index contributed by atoms with van der Waals surface area (Å²) < 4.78 is 39.7. The summed E-state index contributed by atoms with van der Waals surface area (Å²) in [4.78, 5) is 48.5. The molecule has 1 saturated heterocycles. The lowest BCUT2D eigenvalue weighted by molar-refractivity contribution is -0.117. The first-order valence-electron chi connectivity index (χ1n) is 17.1.